The minimum atomic E-state index is -3.90. The number of rotatable bonds is 1. The van der Waals surface area contributed by atoms with E-state index in [0.29, 0.717) is 5.52 Å². The quantitative estimate of drug-likeness (QED) is 0.693. The van der Waals surface area contributed by atoms with E-state index in [9.17, 15) is 13.2 Å². The summed E-state index contributed by atoms with van der Waals surface area (Å²) < 4.78 is 26.0. The normalized spacial score (nSPS) is 16.0. The molecule has 0 N–H and O–H groups in total. The third-order valence-electron chi connectivity index (χ3n) is 3.61. The predicted molar refractivity (Wildman–Crippen MR) is 82.2 cm³/mol. The molecule has 0 unspecified atom stereocenters. The molecule has 108 valence electrons. The molecule has 2 heterocycles. The minimum absolute atomic E-state index is 0.0231. The van der Waals surface area contributed by atoms with Crippen LogP contribution in [0.3, 0.4) is 0 Å². The molecule has 0 bridgehead atoms. The van der Waals surface area contributed by atoms with Crippen molar-refractivity contribution in [1.29, 1.82) is 0 Å². The molecule has 1 aliphatic heterocycles. The number of fused-ring (bicyclic) bond motifs is 2. The van der Waals surface area contributed by atoms with Gasteiger partial charge in [-0.25, -0.2) is 13.4 Å². The molecule has 0 saturated heterocycles. The highest BCUT2D eigenvalue weighted by molar-refractivity contribution is 7.94. The Bertz CT molecular complexity index is 1030. The van der Waals surface area contributed by atoms with Crippen molar-refractivity contribution >= 4 is 32.7 Å². The zero-order chi connectivity index (χ0) is 15.3. The third-order valence-corrected chi connectivity index (χ3v) is 5.36. The number of pyridine rings is 1. The van der Waals surface area contributed by atoms with Crippen LogP contribution < -0.4 is 4.31 Å². The van der Waals surface area contributed by atoms with Crippen LogP contribution in [-0.4, -0.2) is 19.3 Å². The van der Waals surface area contributed by atoms with Gasteiger partial charge in [0.1, 0.15) is 4.90 Å². The first-order valence-corrected chi connectivity index (χ1v) is 8.07. The van der Waals surface area contributed by atoms with Crippen molar-refractivity contribution in [2.45, 2.75) is 4.90 Å². The monoisotopic (exact) mass is 310 g/mol. The number of anilines is 1. The maximum absolute atomic E-state index is 12.6. The van der Waals surface area contributed by atoms with Gasteiger partial charge in [0, 0.05) is 5.39 Å². The largest absolute Gasteiger partial charge is 0.274 e. The Labute approximate surface area is 126 Å². The van der Waals surface area contributed by atoms with Crippen molar-refractivity contribution in [3.05, 3.63) is 66.2 Å². The van der Waals surface area contributed by atoms with Crippen LogP contribution in [0.5, 0.6) is 0 Å². The Morgan fingerprint density at radius 3 is 2.41 bits per heavy atom. The molecule has 6 heteroatoms. The molecule has 1 aliphatic rings. The molecule has 2 aromatic carbocycles. The number of para-hydroxylation sites is 1. The minimum Gasteiger partial charge on any atom is -0.267 e. The fraction of sp³-hybridized carbons (Fsp3) is 0. The first kappa shape index (κ1) is 13.0. The lowest BCUT2D eigenvalue weighted by Gasteiger charge is -2.14. The SMILES string of the molecule is O=C1c2ccccc2S(=O)(=O)N1c1ccc2ccccc2n1. The van der Waals surface area contributed by atoms with E-state index >= 15 is 0 Å². The Hall–Kier alpha value is -2.73. The maximum Gasteiger partial charge on any atom is 0.274 e. The van der Waals surface area contributed by atoms with Crippen LogP contribution >= 0.6 is 0 Å². The van der Waals surface area contributed by atoms with Gasteiger partial charge in [-0.05, 0) is 30.3 Å². The van der Waals surface area contributed by atoms with Crippen LogP contribution in [0.25, 0.3) is 10.9 Å². The van der Waals surface area contributed by atoms with Gasteiger partial charge in [-0.3, -0.25) is 4.79 Å². The second-order valence-corrected chi connectivity index (χ2v) is 6.69. The Morgan fingerprint density at radius 1 is 0.864 bits per heavy atom. The first-order chi connectivity index (χ1) is 10.6. The summed E-state index contributed by atoms with van der Waals surface area (Å²) in [5.74, 6) is -0.460. The zero-order valence-corrected chi connectivity index (χ0v) is 12.1. The number of amides is 1. The van der Waals surface area contributed by atoms with Crippen LogP contribution in [0, 0.1) is 0 Å². The smallest absolute Gasteiger partial charge is 0.267 e. The lowest BCUT2D eigenvalue weighted by atomic mass is 10.2. The zero-order valence-electron chi connectivity index (χ0n) is 11.3. The molecule has 0 radical (unpaired) electrons. The molecule has 1 aromatic heterocycles. The summed E-state index contributed by atoms with van der Waals surface area (Å²) in [4.78, 5) is 16.8. The number of carbonyl (C=O) groups is 1. The predicted octanol–water partition coefficient (Wildman–Crippen LogP) is 2.58. The number of nitrogens with zero attached hydrogens (tertiary/aromatic N) is 2. The van der Waals surface area contributed by atoms with Crippen LogP contribution in [0.1, 0.15) is 10.4 Å². The third kappa shape index (κ3) is 1.67. The van der Waals surface area contributed by atoms with Gasteiger partial charge >= 0.3 is 0 Å². The average Bonchev–Trinajstić information content (AvgIpc) is 2.74. The molecule has 0 fully saturated rings. The number of aromatic nitrogens is 1. The summed E-state index contributed by atoms with van der Waals surface area (Å²) in [7, 11) is -3.90. The summed E-state index contributed by atoms with van der Waals surface area (Å²) in [5, 5.41) is 0.882. The molecule has 22 heavy (non-hydrogen) atoms. The van der Waals surface area contributed by atoms with Gasteiger partial charge in [0.05, 0.1) is 11.1 Å². The Kier molecular flexibility index (Phi) is 2.58. The molecule has 0 spiro atoms. The van der Waals surface area contributed by atoms with Gasteiger partial charge in [-0.2, -0.15) is 4.31 Å². The molecule has 5 nitrogen and oxygen atoms in total. The maximum atomic E-state index is 12.6. The van der Waals surface area contributed by atoms with Gasteiger partial charge in [0.25, 0.3) is 15.9 Å². The summed E-state index contributed by atoms with van der Waals surface area (Å²) >= 11 is 0. The van der Waals surface area contributed by atoms with Gasteiger partial charge in [0.15, 0.2) is 5.82 Å². The first-order valence-electron chi connectivity index (χ1n) is 6.63. The molecule has 3 aromatic rings. The second kappa shape index (κ2) is 4.38. The molecule has 0 aliphatic carbocycles. The summed E-state index contributed by atoms with van der Waals surface area (Å²) in [5.41, 5.74) is 0.816. The van der Waals surface area contributed by atoms with E-state index in [1.165, 1.54) is 12.1 Å². The van der Waals surface area contributed by atoms with E-state index in [-0.39, 0.29) is 16.3 Å². The highest BCUT2D eigenvalue weighted by Crippen LogP contribution is 2.33. The topological polar surface area (TPSA) is 67.3 Å². The lowest BCUT2D eigenvalue weighted by molar-refractivity contribution is 0.101. The van der Waals surface area contributed by atoms with Crippen LogP contribution in [0.15, 0.2) is 65.6 Å². The van der Waals surface area contributed by atoms with Crippen molar-refractivity contribution in [2.75, 3.05) is 4.31 Å². The van der Waals surface area contributed by atoms with Crippen molar-refractivity contribution in [3.8, 4) is 0 Å². The Balaban J connectivity index is 1.94. The van der Waals surface area contributed by atoms with Crippen LogP contribution in [0.4, 0.5) is 5.82 Å². The number of carbonyl (C=O) groups excluding carboxylic acids is 1. The van der Waals surface area contributed by atoms with E-state index < -0.39 is 15.9 Å². The van der Waals surface area contributed by atoms with Crippen LogP contribution in [-0.2, 0) is 10.0 Å². The van der Waals surface area contributed by atoms with Crippen LogP contribution in [0.2, 0.25) is 0 Å². The van der Waals surface area contributed by atoms with Crippen molar-refractivity contribution < 1.29 is 13.2 Å². The van der Waals surface area contributed by atoms with Gasteiger partial charge in [0.2, 0.25) is 0 Å². The molecule has 4 rings (SSSR count). The van der Waals surface area contributed by atoms with Gasteiger partial charge in [-0.1, -0.05) is 30.3 Å². The highest BCUT2D eigenvalue weighted by Gasteiger charge is 2.42. The van der Waals surface area contributed by atoms with E-state index in [4.69, 9.17) is 0 Å². The Morgan fingerprint density at radius 2 is 1.59 bits per heavy atom. The van der Waals surface area contributed by atoms with E-state index in [1.807, 2.05) is 18.2 Å². The van der Waals surface area contributed by atoms with E-state index in [2.05, 4.69) is 4.98 Å². The van der Waals surface area contributed by atoms with Crippen molar-refractivity contribution in [3.63, 3.8) is 0 Å². The second-order valence-electron chi connectivity index (χ2n) is 4.93. The van der Waals surface area contributed by atoms with Crippen molar-refractivity contribution in [2.24, 2.45) is 0 Å². The standard InChI is InChI=1S/C16H10N2O3S/c19-16-12-6-2-4-8-14(12)22(20,21)18(16)15-10-9-11-5-1-3-7-13(11)17-15/h1-10H. The molecular weight excluding hydrogens is 300 g/mol. The summed E-state index contributed by atoms with van der Waals surface area (Å²) in [6.45, 7) is 0. The number of hydrogen-bond donors (Lipinski definition) is 0. The average molecular weight is 310 g/mol. The summed E-state index contributed by atoms with van der Waals surface area (Å²) in [6, 6.07) is 16.8. The lowest BCUT2D eigenvalue weighted by Crippen LogP contribution is -2.30. The number of hydrogen-bond acceptors (Lipinski definition) is 4. The number of sulfonamides is 1. The molecule has 0 saturated carbocycles. The molecular formula is C16H10N2O3S. The molecule has 0 atom stereocenters. The highest BCUT2D eigenvalue weighted by atomic mass is 32.2. The van der Waals surface area contributed by atoms with E-state index in [1.54, 1.807) is 30.3 Å². The molecule has 1 amide bonds. The van der Waals surface area contributed by atoms with E-state index in [0.717, 1.165) is 9.69 Å². The summed E-state index contributed by atoms with van der Waals surface area (Å²) in [6.07, 6.45) is 0. The van der Waals surface area contributed by atoms with Gasteiger partial charge in [-0.15, -0.1) is 0 Å². The fourth-order valence-electron chi connectivity index (χ4n) is 2.58. The number of benzene rings is 2. The van der Waals surface area contributed by atoms with Gasteiger partial charge < -0.3 is 0 Å². The van der Waals surface area contributed by atoms with Crippen molar-refractivity contribution in [1.82, 2.24) is 4.98 Å². The fourth-order valence-corrected chi connectivity index (χ4v) is 4.13.